The molecule has 0 spiro atoms. The van der Waals surface area contributed by atoms with Gasteiger partial charge in [0.2, 0.25) is 0 Å². The molecule has 1 aliphatic heterocycles. The van der Waals surface area contributed by atoms with E-state index in [9.17, 15) is 9.90 Å². The van der Waals surface area contributed by atoms with E-state index in [1.54, 1.807) is 12.1 Å². The number of carbonyl (C=O) groups is 1. The molecule has 0 unspecified atom stereocenters. The maximum absolute atomic E-state index is 11.0. The standard InChI is InChI=1S/C10H11ClN2O3/c1-16-8-3-5(2-6(11)9(8)14)7-4-12-10(15)13-7/h2-3,7,14H,4H2,1H3,(H2,12,13,15)/t7-/m1/s1. The summed E-state index contributed by atoms with van der Waals surface area (Å²) in [4.78, 5) is 11.0. The van der Waals surface area contributed by atoms with Crippen molar-refractivity contribution in [3.63, 3.8) is 0 Å². The molecule has 1 aromatic carbocycles. The van der Waals surface area contributed by atoms with Gasteiger partial charge in [-0.1, -0.05) is 11.6 Å². The fraction of sp³-hybridized carbons (Fsp3) is 0.300. The summed E-state index contributed by atoms with van der Waals surface area (Å²) in [5.74, 6) is 0.203. The Kier molecular flexibility index (Phi) is 2.78. The highest BCUT2D eigenvalue weighted by atomic mass is 35.5. The van der Waals surface area contributed by atoms with Crippen molar-refractivity contribution in [3.05, 3.63) is 22.7 Å². The summed E-state index contributed by atoms with van der Waals surface area (Å²) >= 11 is 5.85. The molecule has 0 aromatic heterocycles. The van der Waals surface area contributed by atoms with Gasteiger partial charge in [-0.25, -0.2) is 4.79 Å². The zero-order valence-corrected chi connectivity index (χ0v) is 9.34. The number of phenols is 1. The van der Waals surface area contributed by atoms with Gasteiger partial charge in [-0.05, 0) is 17.7 Å². The van der Waals surface area contributed by atoms with E-state index in [1.807, 2.05) is 0 Å². The number of nitrogens with one attached hydrogen (secondary N) is 2. The summed E-state index contributed by atoms with van der Waals surface area (Å²) in [6.45, 7) is 0.489. The molecular weight excluding hydrogens is 232 g/mol. The summed E-state index contributed by atoms with van der Waals surface area (Å²) in [6.07, 6.45) is 0. The molecule has 0 radical (unpaired) electrons. The predicted molar refractivity (Wildman–Crippen MR) is 58.9 cm³/mol. The first-order valence-corrected chi connectivity index (χ1v) is 5.10. The van der Waals surface area contributed by atoms with Crippen molar-refractivity contribution in [2.24, 2.45) is 0 Å². The van der Waals surface area contributed by atoms with Gasteiger partial charge in [-0.3, -0.25) is 0 Å². The van der Waals surface area contributed by atoms with E-state index < -0.39 is 0 Å². The number of benzene rings is 1. The molecule has 0 bridgehead atoms. The highest BCUT2D eigenvalue weighted by molar-refractivity contribution is 6.32. The molecule has 0 aliphatic carbocycles. The maximum Gasteiger partial charge on any atom is 0.315 e. The topological polar surface area (TPSA) is 70.6 Å². The van der Waals surface area contributed by atoms with Crippen LogP contribution in [-0.2, 0) is 0 Å². The fourth-order valence-electron chi connectivity index (χ4n) is 1.61. The Bertz CT molecular complexity index is 436. The van der Waals surface area contributed by atoms with Gasteiger partial charge >= 0.3 is 6.03 Å². The lowest BCUT2D eigenvalue weighted by atomic mass is 10.1. The molecule has 1 saturated heterocycles. The SMILES string of the molecule is COc1cc([C@H]2CNC(=O)N2)cc(Cl)c1O. The van der Waals surface area contributed by atoms with Crippen LogP contribution in [0.25, 0.3) is 0 Å². The van der Waals surface area contributed by atoms with Crippen molar-refractivity contribution >= 4 is 17.6 Å². The Balaban J connectivity index is 2.35. The molecule has 1 heterocycles. The summed E-state index contributed by atoms with van der Waals surface area (Å²) in [7, 11) is 1.45. The minimum atomic E-state index is -0.215. The highest BCUT2D eigenvalue weighted by Crippen LogP contribution is 2.36. The van der Waals surface area contributed by atoms with Crippen molar-refractivity contribution in [2.75, 3.05) is 13.7 Å². The van der Waals surface area contributed by atoms with Gasteiger partial charge in [0.05, 0.1) is 18.2 Å². The Hall–Kier alpha value is -1.62. The number of methoxy groups -OCH3 is 1. The number of rotatable bonds is 2. The molecule has 16 heavy (non-hydrogen) atoms. The van der Waals surface area contributed by atoms with Crippen LogP contribution in [-0.4, -0.2) is 24.8 Å². The van der Waals surface area contributed by atoms with Crippen LogP contribution in [0.2, 0.25) is 5.02 Å². The maximum atomic E-state index is 11.0. The average molecular weight is 243 g/mol. The molecular formula is C10H11ClN2O3. The van der Waals surface area contributed by atoms with Gasteiger partial charge in [0.15, 0.2) is 11.5 Å². The van der Waals surface area contributed by atoms with Crippen LogP contribution < -0.4 is 15.4 Å². The summed E-state index contributed by atoms with van der Waals surface area (Å²) in [6, 6.07) is 2.89. The van der Waals surface area contributed by atoms with Gasteiger partial charge < -0.3 is 20.5 Å². The normalized spacial score (nSPS) is 19.1. The van der Waals surface area contributed by atoms with Crippen LogP contribution in [0.1, 0.15) is 11.6 Å². The second-order valence-electron chi connectivity index (χ2n) is 3.46. The Morgan fingerprint density at radius 2 is 2.31 bits per heavy atom. The zero-order chi connectivity index (χ0) is 11.7. The van der Waals surface area contributed by atoms with Crippen LogP contribution >= 0.6 is 11.6 Å². The number of ether oxygens (including phenoxy) is 1. The van der Waals surface area contributed by atoms with E-state index >= 15 is 0 Å². The average Bonchev–Trinajstić information content (AvgIpc) is 2.69. The first-order valence-electron chi connectivity index (χ1n) is 4.72. The van der Waals surface area contributed by atoms with Crippen LogP contribution in [0, 0.1) is 0 Å². The Morgan fingerprint density at radius 1 is 1.56 bits per heavy atom. The third-order valence-electron chi connectivity index (χ3n) is 2.45. The Labute approximate surface area is 97.4 Å². The van der Waals surface area contributed by atoms with E-state index in [0.717, 1.165) is 5.56 Å². The molecule has 1 atom stereocenters. The van der Waals surface area contributed by atoms with Crippen LogP contribution in [0.3, 0.4) is 0 Å². The first-order chi connectivity index (χ1) is 7.61. The molecule has 6 heteroatoms. The molecule has 0 saturated carbocycles. The number of hydrogen-bond donors (Lipinski definition) is 3. The van der Waals surface area contributed by atoms with Crippen molar-refractivity contribution in [3.8, 4) is 11.5 Å². The molecule has 2 rings (SSSR count). The molecule has 3 N–H and O–H groups in total. The summed E-state index contributed by atoms with van der Waals surface area (Å²) < 4.78 is 4.99. The van der Waals surface area contributed by atoms with Gasteiger partial charge in [0, 0.05) is 6.54 Å². The predicted octanol–water partition coefficient (Wildman–Crippen LogP) is 1.41. The highest BCUT2D eigenvalue weighted by Gasteiger charge is 2.23. The number of hydrogen-bond acceptors (Lipinski definition) is 3. The number of aromatic hydroxyl groups is 1. The molecule has 86 valence electrons. The van der Waals surface area contributed by atoms with Gasteiger partial charge in [0.25, 0.3) is 0 Å². The second kappa shape index (κ2) is 4.09. The van der Waals surface area contributed by atoms with Crippen LogP contribution in [0.4, 0.5) is 4.79 Å². The molecule has 5 nitrogen and oxygen atoms in total. The lowest BCUT2D eigenvalue weighted by molar-refractivity contribution is 0.247. The molecule has 1 aliphatic rings. The third kappa shape index (κ3) is 1.86. The summed E-state index contributed by atoms with van der Waals surface area (Å²) in [5, 5.41) is 15.1. The monoisotopic (exact) mass is 242 g/mol. The minimum Gasteiger partial charge on any atom is -0.503 e. The first kappa shape index (κ1) is 10.9. The van der Waals surface area contributed by atoms with Crippen molar-refractivity contribution in [2.45, 2.75) is 6.04 Å². The molecule has 1 aromatic rings. The van der Waals surface area contributed by atoms with E-state index in [2.05, 4.69) is 10.6 Å². The van der Waals surface area contributed by atoms with Crippen molar-refractivity contribution in [1.29, 1.82) is 0 Å². The quantitative estimate of drug-likeness (QED) is 0.734. The summed E-state index contributed by atoms with van der Waals surface area (Å²) in [5.41, 5.74) is 0.790. The van der Waals surface area contributed by atoms with Gasteiger partial charge in [-0.2, -0.15) is 0 Å². The van der Waals surface area contributed by atoms with E-state index in [4.69, 9.17) is 16.3 Å². The number of urea groups is 1. The minimum absolute atomic E-state index is 0.0924. The number of halogens is 1. The zero-order valence-electron chi connectivity index (χ0n) is 8.58. The van der Waals surface area contributed by atoms with Crippen molar-refractivity contribution < 1.29 is 14.6 Å². The molecule has 2 amide bonds. The number of carbonyl (C=O) groups excluding carboxylic acids is 1. The van der Waals surface area contributed by atoms with Crippen LogP contribution in [0.5, 0.6) is 11.5 Å². The van der Waals surface area contributed by atoms with E-state index in [-0.39, 0.29) is 22.8 Å². The second-order valence-corrected chi connectivity index (χ2v) is 3.87. The smallest absolute Gasteiger partial charge is 0.315 e. The largest absolute Gasteiger partial charge is 0.503 e. The van der Waals surface area contributed by atoms with E-state index in [1.165, 1.54) is 7.11 Å². The van der Waals surface area contributed by atoms with Crippen molar-refractivity contribution in [1.82, 2.24) is 10.6 Å². The van der Waals surface area contributed by atoms with Gasteiger partial charge in [-0.15, -0.1) is 0 Å². The van der Waals surface area contributed by atoms with Crippen LogP contribution in [0.15, 0.2) is 12.1 Å². The number of phenolic OH excluding ortho intramolecular Hbond substituents is 1. The number of amides is 2. The Morgan fingerprint density at radius 3 is 2.88 bits per heavy atom. The lowest BCUT2D eigenvalue weighted by Crippen LogP contribution is -2.21. The van der Waals surface area contributed by atoms with E-state index in [0.29, 0.717) is 12.3 Å². The van der Waals surface area contributed by atoms with Gasteiger partial charge in [0.1, 0.15) is 0 Å². The third-order valence-corrected chi connectivity index (χ3v) is 2.73. The molecule has 1 fully saturated rings. The lowest BCUT2D eigenvalue weighted by Gasteiger charge is -2.12. The fourth-order valence-corrected chi connectivity index (χ4v) is 1.83.